The molecule has 3 rings (SSSR count). The fraction of sp³-hybridized carbons (Fsp3) is 0.235. The van der Waals surface area contributed by atoms with Gasteiger partial charge in [0.05, 0.1) is 5.69 Å². The fourth-order valence-electron chi connectivity index (χ4n) is 2.33. The first-order valence-corrected chi connectivity index (χ1v) is 6.77. The summed E-state index contributed by atoms with van der Waals surface area (Å²) in [4.78, 5) is 4.50. The van der Waals surface area contributed by atoms with Crippen LogP contribution in [0.3, 0.4) is 0 Å². The van der Waals surface area contributed by atoms with Gasteiger partial charge in [0, 0.05) is 12.4 Å². The molecule has 1 aromatic carbocycles. The second-order valence-electron chi connectivity index (χ2n) is 5.20. The molecule has 3 nitrogen and oxygen atoms in total. The highest BCUT2D eigenvalue weighted by atomic mass is 16.5. The first-order valence-electron chi connectivity index (χ1n) is 6.77. The molecule has 2 aromatic heterocycles. The van der Waals surface area contributed by atoms with Crippen LogP contribution in [0, 0.1) is 20.8 Å². The van der Waals surface area contributed by atoms with E-state index in [1.807, 2.05) is 35.9 Å². The number of ether oxygens (including phenoxy) is 1. The van der Waals surface area contributed by atoms with Gasteiger partial charge in [-0.05, 0) is 44.0 Å². The first-order chi connectivity index (χ1) is 9.63. The van der Waals surface area contributed by atoms with Crippen molar-refractivity contribution in [3.63, 3.8) is 0 Å². The SMILES string of the molecule is Cc1ccc(C)c(COc2cccn3cc(C)nc23)c1. The van der Waals surface area contributed by atoms with Gasteiger partial charge in [0.2, 0.25) is 0 Å². The predicted octanol–water partition coefficient (Wildman–Crippen LogP) is 3.84. The molecule has 0 atom stereocenters. The Morgan fingerprint density at radius 1 is 1.15 bits per heavy atom. The minimum atomic E-state index is 0.569. The van der Waals surface area contributed by atoms with Crippen molar-refractivity contribution in [1.29, 1.82) is 0 Å². The van der Waals surface area contributed by atoms with Crippen molar-refractivity contribution in [2.24, 2.45) is 0 Å². The molecule has 3 heteroatoms. The highest BCUT2D eigenvalue weighted by Gasteiger charge is 2.06. The van der Waals surface area contributed by atoms with Gasteiger partial charge >= 0.3 is 0 Å². The number of pyridine rings is 1. The van der Waals surface area contributed by atoms with Crippen LogP contribution in [0.2, 0.25) is 0 Å². The fourth-order valence-corrected chi connectivity index (χ4v) is 2.33. The van der Waals surface area contributed by atoms with Crippen LogP contribution >= 0.6 is 0 Å². The molecule has 0 aliphatic heterocycles. The van der Waals surface area contributed by atoms with E-state index in [2.05, 4.69) is 37.0 Å². The summed E-state index contributed by atoms with van der Waals surface area (Å²) < 4.78 is 7.96. The second-order valence-corrected chi connectivity index (χ2v) is 5.20. The summed E-state index contributed by atoms with van der Waals surface area (Å²) in [5.41, 5.74) is 5.59. The molecular formula is C17H18N2O. The van der Waals surface area contributed by atoms with Crippen LogP contribution in [-0.4, -0.2) is 9.38 Å². The van der Waals surface area contributed by atoms with Gasteiger partial charge in [-0.25, -0.2) is 4.98 Å². The molecule has 0 aliphatic rings. The Balaban J connectivity index is 1.88. The Morgan fingerprint density at radius 2 is 2.00 bits per heavy atom. The van der Waals surface area contributed by atoms with E-state index < -0.39 is 0 Å². The number of nitrogens with zero attached hydrogens (tertiary/aromatic N) is 2. The summed E-state index contributed by atoms with van der Waals surface area (Å²) in [6.45, 7) is 6.76. The number of aromatic nitrogens is 2. The van der Waals surface area contributed by atoms with E-state index in [4.69, 9.17) is 4.74 Å². The smallest absolute Gasteiger partial charge is 0.179 e. The van der Waals surface area contributed by atoms with Crippen molar-refractivity contribution in [2.75, 3.05) is 0 Å². The largest absolute Gasteiger partial charge is 0.485 e. The molecule has 102 valence electrons. The van der Waals surface area contributed by atoms with Crippen LogP contribution in [0.1, 0.15) is 22.4 Å². The highest BCUT2D eigenvalue weighted by Crippen LogP contribution is 2.21. The molecule has 0 unspecified atom stereocenters. The Hall–Kier alpha value is -2.29. The summed E-state index contributed by atoms with van der Waals surface area (Å²) in [5.74, 6) is 0.821. The minimum Gasteiger partial charge on any atom is -0.485 e. The molecule has 0 radical (unpaired) electrons. The standard InChI is InChI=1S/C17H18N2O/c1-12-6-7-13(2)15(9-12)11-20-16-5-4-8-19-10-14(3)18-17(16)19/h4-10H,11H2,1-3H3. The predicted molar refractivity (Wildman–Crippen MR) is 80.2 cm³/mol. The quantitative estimate of drug-likeness (QED) is 0.720. The number of fused-ring (bicyclic) bond motifs is 1. The van der Waals surface area contributed by atoms with E-state index >= 15 is 0 Å². The van der Waals surface area contributed by atoms with Crippen LogP contribution in [0.5, 0.6) is 5.75 Å². The summed E-state index contributed by atoms with van der Waals surface area (Å²) in [6.07, 6.45) is 3.99. The number of hydrogen-bond donors (Lipinski definition) is 0. The minimum absolute atomic E-state index is 0.569. The summed E-state index contributed by atoms with van der Waals surface area (Å²) >= 11 is 0. The number of benzene rings is 1. The van der Waals surface area contributed by atoms with E-state index in [0.29, 0.717) is 6.61 Å². The van der Waals surface area contributed by atoms with Crippen LogP contribution in [-0.2, 0) is 6.61 Å². The van der Waals surface area contributed by atoms with E-state index in [1.54, 1.807) is 0 Å². The number of rotatable bonds is 3. The summed E-state index contributed by atoms with van der Waals surface area (Å²) in [5, 5.41) is 0. The molecule has 0 fully saturated rings. The number of aryl methyl sites for hydroxylation is 3. The lowest BCUT2D eigenvalue weighted by Gasteiger charge is -2.10. The van der Waals surface area contributed by atoms with Gasteiger partial charge in [0.1, 0.15) is 6.61 Å². The maximum atomic E-state index is 5.97. The molecule has 0 spiro atoms. The number of hydrogen-bond acceptors (Lipinski definition) is 2. The Morgan fingerprint density at radius 3 is 2.85 bits per heavy atom. The van der Waals surface area contributed by atoms with Crippen LogP contribution in [0.25, 0.3) is 5.65 Å². The maximum Gasteiger partial charge on any atom is 0.179 e. The van der Waals surface area contributed by atoms with Crippen molar-refractivity contribution >= 4 is 5.65 Å². The van der Waals surface area contributed by atoms with E-state index in [9.17, 15) is 0 Å². The average molecular weight is 266 g/mol. The Labute approximate surface area is 118 Å². The van der Waals surface area contributed by atoms with Gasteiger partial charge in [0.25, 0.3) is 0 Å². The molecule has 2 heterocycles. The zero-order valence-corrected chi connectivity index (χ0v) is 12.1. The first kappa shape index (κ1) is 12.7. The van der Waals surface area contributed by atoms with Crippen LogP contribution in [0.4, 0.5) is 0 Å². The summed E-state index contributed by atoms with van der Waals surface area (Å²) in [6, 6.07) is 10.4. The average Bonchev–Trinajstić information content (AvgIpc) is 2.80. The van der Waals surface area contributed by atoms with Gasteiger partial charge in [-0.2, -0.15) is 0 Å². The van der Waals surface area contributed by atoms with Gasteiger partial charge in [0.15, 0.2) is 11.4 Å². The third-order valence-corrected chi connectivity index (χ3v) is 3.46. The normalized spacial score (nSPS) is 10.9. The molecule has 0 bridgehead atoms. The van der Waals surface area contributed by atoms with Gasteiger partial charge in [-0.15, -0.1) is 0 Å². The van der Waals surface area contributed by atoms with Crippen LogP contribution in [0.15, 0.2) is 42.7 Å². The van der Waals surface area contributed by atoms with Crippen molar-refractivity contribution in [3.8, 4) is 5.75 Å². The van der Waals surface area contributed by atoms with Gasteiger partial charge in [-0.1, -0.05) is 23.8 Å². The molecule has 20 heavy (non-hydrogen) atoms. The Bertz CT molecular complexity index is 759. The second kappa shape index (κ2) is 5.00. The van der Waals surface area contributed by atoms with Gasteiger partial charge < -0.3 is 9.14 Å². The lowest BCUT2D eigenvalue weighted by atomic mass is 10.1. The van der Waals surface area contributed by atoms with Crippen molar-refractivity contribution in [1.82, 2.24) is 9.38 Å². The topological polar surface area (TPSA) is 26.5 Å². The van der Waals surface area contributed by atoms with E-state index in [0.717, 1.165) is 17.1 Å². The van der Waals surface area contributed by atoms with E-state index in [-0.39, 0.29) is 0 Å². The molecule has 0 saturated heterocycles. The van der Waals surface area contributed by atoms with E-state index in [1.165, 1.54) is 16.7 Å². The van der Waals surface area contributed by atoms with Gasteiger partial charge in [-0.3, -0.25) is 0 Å². The zero-order chi connectivity index (χ0) is 14.1. The molecule has 3 aromatic rings. The summed E-state index contributed by atoms with van der Waals surface area (Å²) in [7, 11) is 0. The monoisotopic (exact) mass is 266 g/mol. The molecule has 0 aliphatic carbocycles. The van der Waals surface area contributed by atoms with Crippen molar-refractivity contribution in [3.05, 3.63) is 65.1 Å². The highest BCUT2D eigenvalue weighted by molar-refractivity contribution is 5.54. The van der Waals surface area contributed by atoms with Crippen molar-refractivity contribution in [2.45, 2.75) is 27.4 Å². The molecule has 0 amide bonds. The third-order valence-electron chi connectivity index (χ3n) is 3.46. The lowest BCUT2D eigenvalue weighted by molar-refractivity contribution is 0.307. The molecule has 0 saturated carbocycles. The number of imidazole rings is 1. The molecular weight excluding hydrogens is 248 g/mol. The van der Waals surface area contributed by atoms with Crippen molar-refractivity contribution < 1.29 is 4.74 Å². The Kier molecular flexibility index (Phi) is 3.18. The maximum absolute atomic E-state index is 5.97. The third kappa shape index (κ3) is 2.39. The molecule has 0 N–H and O–H groups in total. The van der Waals surface area contributed by atoms with Crippen LogP contribution < -0.4 is 4.74 Å². The zero-order valence-electron chi connectivity index (χ0n) is 12.1. The lowest BCUT2D eigenvalue weighted by Crippen LogP contribution is -2.00.